The number of nitrogens with zero attached hydrogens (tertiary/aromatic N) is 2. The van der Waals surface area contributed by atoms with Crippen LogP contribution in [0.15, 0.2) is 48.5 Å². The Labute approximate surface area is 176 Å². The van der Waals surface area contributed by atoms with Gasteiger partial charge in [-0.3, -0.25) is 4.79 Å². The maximum absolute atomic E-state index is 12.4. The van der Waals surface area contributed by atoms with Crippen molar-refractivity contribution in [2.24, 2.45) is 0 Å². The Kier molecular flexibility index (Phi) is 6.24. The number of para-hydroxylation sites is 2. The zero-order valence-corrected chi connectivity index (χ0v) is 16.8. The minimum absolute atomic E-state index is 0.0918. The van der Waals surface area contributed by atoms with Crippen LogP contribution in [0.1, 0.15) is 16.1 Å². The number of halogens is 3. The summed E-state index contributed by atoms with van der Waals surface area (Å²) in [6.07, 6.45) is 0. The number of amides is 1. The van der Waals surface area contributed by atoms with Crippen molar-refractivity contribution in [3.8, 4) is 5.69 Å². The number of ether oxygens (including phenoxy) is 1. The summed E-state index contributed by atoms with van der Waals surface area (Å²) in [5.41, 5.74) is 1.42. The molecule has 9 heteroatoms. The van der Waals surface area contributed by atoms with Crippen molar-refractivity contribution in [1.82, 2.24) is 9.78 Å². The van der Waals surface area contributed by atoms with Gasteiger partial charge in [-0.15, -0.1) is 0 Å². The van der Waals surface area contributed by atoms with Gasteiger partial charge in [-0.1, -0.05) is 59.1 Å². The van der Waals surface area contributed by atoms with Gasteiger partial charge in [0, 0.05) is 0 Å². The molecule has 1 aromatic heterocycles. The number of hydrogen-bond donors (Lipinski definition) is 1. The number of nitrogens with one attached hydrogen (secondary N) is 1. The SMILES string of the molecule is Cc1nn(-c2ccccc2)c(Cl)c1C(=O)OCC(=O)Nc1c(Cl)cccc1Cl. The van der Waals surface area contributed by atoms with Gasteiger partial charge in [0.05, 0.1) is 27.1 Å². The second kappa shape index (κ2) is 8.65. The van der Waals surface area contributed by atoms with Crippen molar-refractivity contribution in [2.45, 2.75) is 6.92 Å². The molecule has 0 aliphatic rings. The second-order valence-electron chi connectivity index (χ2n) is 5.72. The van der Waals surface area contributed by atoms with E-state index in [-0.39, 0.29) is 26.4 Å². The fourth-order valence-corrected chi connectivity index (χ4v) is 3.31. The molecule has 0 aliphatic carbocycles. The van der Waals surface area contributed by atoms with Gasteiger partial charge in [0.2, 0.25) is 0 Å². The molecule has 2 aromatic carbocycles. The molecule has 1 amide bonds. The summed E-state index contributed by atoms with van der Waals surface area (Å²) >= 11 is 18.3. The molecule has 0 fully saturated rings. The van der Waals surface area contributed by atoms with Crippen LogP contribution in [-0.4, -0.2) is 28.3 Å². The van der Waals surface area contributed by atoms with Crippen molar-refractivity contribution >= 4 is 52.4 Å². The van der Waals surface area contributed by atoms with Crippen molar-refractivity contribution in [1.29, 1.82) is 0 Å². The lowest BCUT2D eigenvalue weighted by Crippen LogP contribution is -2.21. The number of benzene rings is 2. The van der Waals surface area contributed by atoms with E-state index in [1.54, 1.807) is 37.3 Å². The number of anilines is 1. The van der Waals surface area contributed by atoms with Gasteiger partial charge in [-0.05, 0) is 31.2 Å². The lowest BCUT2D eigenvalue weighted by atomic mass is 10.2. The predicted octanol–water partition coefficient (Wildman–Crippen LogP) is 4.94. The molecule has 3 aromatic rings. The van der Waals surface area contributed by atoms with Gasteiger partial charge in [0.25, 0.3) is 5.91 Å². The molecular weight excluding hydrogens is 425 g/mol. The van der Waals surface area contributed by atoms with Gasteiger partial charge in [0.15, 0.2) is 6.61 Å². The number of rotatable bonds is 5. The van der Waals surface area contributed by atoms with E-state index >= 15 is 0 Å². The van der Waals surface area contributed by atoms with Crippen LogP contribution in [0.25, 0.3) is 5.69 Å². The van der Waals surface area contributed by atoms with Gasteiger partial charge in [-0.25, -0.2) is 9.48 Å². The number of aromatic nitrogens is 2. The third-order valence-electron chi connectivity index (χ3n) is 3.77. The van der Waals surface area contributed by atoms with E-state index in [0.29, 0.717) is 11.4 Å². The summed E-state index contributed by atoms with van der Waals surface area (Å²) in [7, 11) is 0. The maximum Gasteiger partial charge on any atom is 0.343 e. The molecule has 1 N–H and O–H groups in total. The number of aryl methyl sites for hydroxylation is 1. The average molecular weight is 439 g/mol. The zero-order valence-electron chi connectivity index (χ0n) is 14.6. The topological polar surface area (TPSA) is 73.2 Å². The zero-order chi connectivity index (χ0) is 20.3. The van der Waals surface area contributed by atoms with Crippen LogP contribution in [0.2, 0.25) is 15.2 Å². The first kappa shape index (κ1) is 20.2. The Balaban J connectivity index is 1.70. The van der Waals surface area contributed by atoms with Crippen molar-refractivity contribution < 1.29 is 14.3 Å². The average Bonchev–Trinajstić information content (AvgIpc) is 2.98. The normalized spacial score (nSPS) is 10.6. The molecular formula is C19H14Cl3N3O3. The minimum atomic E-state index is -0.759. The summed E-state index contributed by atoms with van der Waals surface area (Å²) in [6.45, 7) is 1.10. The van der Waals surface area contributed by atoms with Crippen LogP contribution in [0.4, 0.5) is 5.69 Å². The second-order valence-corrected chi connectivity index (χ2v) is 6.89. The summed E-state index contributed by atoms with van der Waals surface area (Å²) in [5, 5.41) is 7.43. The van der Waals surface area contributed by atoms with E-state index in [1.807, 2.05) is 18.2 Å². The molecule has 28 heavy (non-hydrogen) atoms. The number of carbonyl (C=O) groups is 2. The third kappa shape index (κ3) is 4.30. The lowest BCUT2D eigenvalue weighted by Gasteiger charge is -2.09. The van der Waals surface area contributed by atoms with E-state index in [9.17, 15) is 9.59 Å². The molecule has 6 nitrogen and oxygen atoms in total. The molecule has 0 bridgehead atoms. The van der Waals surface area contributed by atoms with Crippen LogP contribution in [-0.2, 0) is 9.53 Å². The Hall–Kier alpha value is -2.54. The smallest absolute Gasteiger partial charge is 0.343 e. The number of carbonyl (C=O) groups excluding carboxylic acids is 2. The first-order valence-electron chi connectivity index (χ1n) is 8.10. The molecule has 0 unspecified atom stereocenters. The third-order valence-corrected chi connectivity index (χ3v) is 4.75. The van der Waals surface area contributed by atoms with Gasteiger partial charge >= 0.3 is 5.97 Å². The van der Waals surface area contributed by atoms with Crippen molar-refractivity contribution in [3.05, 3.63) is 75.0 Å². The maximum atomic E-state index is 12.4. The van der Waals surface area contributed by atoms with Crippen molar-refractivity contribution in [2.75, 3.05) is 11.9 Å². The monoisotopic (exact) mass is 437 g/mol. The summed E-state index contributed by atoms with van der Waals surface area (Å²) < 4.78 is 6.51. The van der Waals surface area contributed by atoms with Crippen molar-refractivity contribution in [3.63, 3.8) is 0 Å². The molecule has 0 spiro atoms. The highest BCUT2D eigenvalue weighted by Gasteiger charge is 2.23. The fourth-order valence-electron chi connectivity index (χ4n) is 2.47. The molecule has 0 saturated carbocycles. The van der Waals surface area contributed by atoms with E-state index in [2.05, 4.69) is 10.4 Å². The van der Waals surface area contributed by atoms with E-state index in [1.165, 1.54) is 4.68 Å². The largest absolute Gasteiger partial charge is 0.452 e. The van der Waals surface area contributed by atoms with Crippen LogP contribution in [0, 0.1) is 6.92 Å². The van der Waals surface area contributed by atoms with E-state index in [4.69, 9.17) is 39.5 Å². The summed E-state index contributed by atoms with van der Waals surface area (Å²) in [4.78, 5) is 24.5. The van der Waals surface area contributed by atoms with E-state index in [0.717, 1.165) is 0 Å². The summed E-state index contributed by atoms with van der Waals surface area (Å²) in [5.74, 6) is -1.35. The minimum Gasteiger partial charge on any atom is -0.452 e. The molecule has 0 atom stereocenters. The first-order valence-corrected chi connectivity index (χ1v) is 9.23. The Morgan fingerprint density at radius 3 is 2.32 bits per heavy atom. The Bertz CT molecular complexity index is 1020. The van der Waals surface area contributed by atoms with Crippen LogP contribution >= 0.6 is 34.8 Å². The lowest BCUT2D eigenvalue weighted by molar-refractivity contribution is -0.119. The molecule has 0 radical (unpaired) electrons. The van der Waals surface area contributed by atoms with Gasteiger partial charge < -0.3 is 10.1 Å². The molecule has 1 heterocycles. The highest BCUT2D eigenvalue weighted by molar-refractivity contribution is 6.39. The van der Waals surface area contributed by atoms with Gasteiger partial charge in [-0.2, -0.15) is 5.10 Å². The standard InChI is InChI=1S/C19H14Cl3N3O3/c1-11-16(18(22)25(24-11)12-6-3-2-4-7-12)19(27)28-10-15(26)23-17-13(20)8-5-9-14(17)21/h2-9H,10H2,1H3,(H,23,26). The highest BCUT2D eigenvalue weighted by atomic mass is 35.5. The van der Waals surface area contributed by atoms with Gasteiger partial charge in [0.1, 0.15) is 10.7 Å². The number of esters is 1. The van der Waals surface area contributed by atoms with Crippen LogP contribution < -0.4 is 5.32 Å². The van der Waals surface area contributed by atoms with Crippen LogP contribution in [0.3, 0.4) is 0 Å². The van der Waals surface area contributed by atoms with Crippen LogP contribution in [0.5, 0.6) is 0 Å². The molecule has 0 saturated heterocycles. The number of hydrogen-bond acceptors (Lipinski definition) is 4. The first-order chi connectivity index (χ1) is 13.4. The predicted molar refractivity (Wildman–Crippen MR) is 109 cm³/mol. The summed E-state index contributed by atoms with van der Waals surface area (Å²) in [6, 6.07) is 13.9. The molecule has 3 rings (SSSR count). The Morgan fingerprint density at radius 1 is 1.04 bits per heavy atom. The quantitative estimate of drug-likeness (QED) is 0.573. The highest BCUT2D eigenvalue weighted by Crippen LogP contribution is 2.29. The van der Waals surface area contributed by atoms with E-state index < -0.39 is 18.5 Å². The fraction of sp³-hybridized carbons (Fsp3) is 0.105. The Morgan fingerprint density at radius 2 is 1.68 bits per heavy atom. The molecule has 0 aliphatic heterocycles. The molecule has 144 valence electrons.